The molecule has 116 valence electrons. The molecule has 0 radical (unpaired) electrons. The number of hydrogen-bond donors (Lipinski definition) is 1. The number of anilines is 1. The Morgan fingerprint density at radius 1 is 1.19 bits per heavy atom. The van der Waals surface area contributed by atoms with Gasteiger partial charge in [0.15, 0.2) is 0 Å². The largest absolute Gasteiger partial charge is 0.491 e. The first-order valence-electron chi connectivity index (χ1n) is 8.58. The lowest BCUT2D eigenvalue weighted by Crippen LogP contribution is -2.44. The number of nitrogens with zero attached hydrogens (tertiary/aromatic N) is 1. The zero-order valence-corrected chi connectivity index (χ0v) is 13.2. The van der Waals surface area contributed by atoms with Gasteiger partial charge in [0, 0.05) is 19.1 Å². The molecule has 2 aliphatic rings. The van der Waals surface area contributed by atoms with Crippen LogP contribution in [0.2, 0.25) is 0 Å². The Balaban J connectivity index is 1.73. The van der Waals surface area contributed by atoms with Gasteiger partial charge >= 0.3 is 0 Å². The second-order valence-electron chi connectivity index (χ2n) is 6.32. The quantitative estimate of drug-likeness (QED) is 0.918. The van der Waals surface area contributed by atoms with E-state index in [1.807, 2.05) is 0 Å². The van der Waals surface area contributed by atoms with Crippen LogP contribution in [0.3, 0.4) is 0 Å². The first-order chi connectivity index (χ1) is 10.4. The van der Waals surface area contributed by atoms with Crippen LogP contribution < -0.4 is 15.0 Å². The molecule has 0 saturated heterocycles. The second kappa shape index (κ2) is 7.17. The molecule has 1 N–H and O–H groups in total. The SMILES string of the molecule is CCNC1CCCCC1CN1CCCOc2ccccc21. The highest BCUT2D eigenvalue weighted by atomic mass is 16.5. The normalized spacial score (nSPS) is 25.9. The van der Waals surface area contributed by atoms with Crippen molar-refractivity contribution in [2.45, 2.75) is 45.1 Å². The summed E-state index contributed by atoms with van der Waals surface area (Å²) in [5.41, 5.74) is 1.29. The van der Waals surface area contributed by atoms with E-state index in [1.165, 1.54) is 31.4 Å². The van der Waals surface area contributed by atoms with E-state index in [4.69, 9.17) is 4.74 Å². The van der Waals surface area contributed by atoms with Crippen molar-refractivity contribution in [1.29, 1.82) is 0 Å². The summed E-state index contributed by atoms with van der Waals surface area (Å²) in [6, 6.07) is 9.22. The van der Waals surface area contributed by atoms with Gasteiger partial charge in [0.05, 0.1) is 12.3 Å². The van der Waals surface area contributed by atoms with Gasteiger partial charge in [0.25, 0.3) is 0 Å². The molecule has 3 heteroatoms. The number of benzene rings is 1. The van der Waals surface area contributed by atoms with Crippen molar-refractivity contribution in [2.24, 2.45) is 5.92 Å². The van der Waals surface area contributed by atoms with Gasteiger partial charge in [-0.25, -0.2) is 0 Å². The van der Waals surface area contributed by atoms with E-state index < -0.39 is 0 Å². The minimum atomic E-state index is 0.695. The molecule has 3 nitrogen and oxygen atoms in total. The molecular weight excluding hydrogens is 260 g/mol. The Morgan fingerprint density at radius 2 is 2.05 bits per heavy atom. The average Bonchev–Trinajstić information content (AvgIpc) is 2.72. The number of hydrogen-bond acceptors (Lipinski definition) is 3. The lowest BCUT2D eigenvalue weighted by molar-refractivity contribution is 0.267. The summed E-state index contributed by atoms with van der Waals surface area (Å²) in [7, 11) is 0. The van der Waals surface area contributed by atoms with Crippen molar-refractivity contribution in [3.8, 4) is 5.75 Å². The molecule has 2 atom stereocenters. The Morgan fingerprint density at radius 3 is 2.95 bits per heavy atom. The first-order valence-corrected chi connectivity index (χ1v) is 8.58. The summed E-state index contributed by atoms with van der Waals surface area (Å²) in [5, 5.41) is 3.71. The second-order valence-corrected chi connectivity index (χ2v) is 6.32. The van der Waals surface area contributed by atoms with Gasteiger partial charge in [-0.3, -0.25) is 0 Å². The minimum absolute atomic E-state index is 0.695. The Bertz CT molecular complexity index is 447. The number of nitrogens with one attached hydrogen (secondary N) is 1. The van der Waals surface area contributed by atoms with Crippen LogP contribution in [-0.4, -0.2) is 32.3 Å². The van der Waals surface area contributed by atoms with Gasteiger partial charge in [-0.05, 0) is 43.9 Å². The fraction of sp³-hybridized carbons (Fsp3) is 0.667. The van der Waals surface area contributed by atoms with Crippen LogP contribution in [0.5, 0.6) is 5.75 Å². The predicted octanol–water partition coefficient (Wildman–Crippen LogP) is 3.44. The van der Waals surface area contributed by atoms with Crippen LogP contribution in [0.4, 0.5) is 5.69 Å². The molecule has 0 amide bonds. The van der Waals surface area contributed by atoms with Gasteiger partial charge in [-0.1, -0.05) is 31.9 Å². The molecular formula is C18H28N2O. The third-order valence-corrected chi connectivity index (χ3v) is 4.87. The molecule has 1 aromatic rings. The maximum Gasteiger partial charge on any atom is 0.142 e. The first kappa shape index (κ1) is 14.7. The van der Waals surface area contributed by atoms with Crippen LogP contribution in [0.1, 0.15) is 39.0 Å². The molecule has 1 heterocycles. The Labute approximate surface area is 128 Å². The summed E-state index contributed by atoms with van der Waals surface area (Å²) < 4.78 is 5.88. The van der Waals surface area contributed by atoms with Gasteiger partial charge < -0.3 is 15.0 Å². The molecule has 0 bridgehead atoms. The van der Waals surface area contributed by atoms with Crippen molar-refractivity contribution in [3.63, 3.8) is 0 Å². The molecule has 21 heavy (non-hydrogen) atoms. The van der Waals surface area contributed by atoms with Crippen molar-refractivity contribution in [2.75, 3.05) is 31.1 Å². The summed E-state index contributed by atoms with van der Waals surface area (Å²) in [4.78, 5) is 2.56. The highest BCUT2D eigenvalue weighted by molar-refractivity contribution is 5.59. The Kier molecular flexibility index (Phi) is 5.02. The molecule has 1 aliphatic carbocycles. The standard InChI is InChI=1S/C18H28N2O/c1-2-19-16-9-4-3-8-15(16)14-20-12-7-13-21-18-11-6-5-10-17(18)20/h5-6,10-11,15-16,19H,2-4,7-9,12-14H2,1H3. The van der Waals surface area contributed by atoms with E-state index in [1.54, 1.807) is 0 Å². The van der Waals surface area contributed by atoms with Crippen LogP contribution >= 0.6 is 0 Å². The van der Waals surface area contributed by atoms with E-state index in [0.717, 1.165) is 44.3 Å². The van der Waals surface area contributed by atoms with Crippen LogP contribution in [0.15, 0.2) is 24.3 Å². The fourth-order valence-corrected chi connectivity index (χ4v) is 3.83. The van der Waals surface area contributed by atoms with Crippen LogP contribution in [-0.2, 0) is 0 Å². The molecule has 2 unspecified atom stereocenters. The molecule has 1 aliphatic heterocycles. The molecule has 1 aromatic carbocycles. The van der Waals surface area contributed by atoms with Gasteiger partial charge in [-0.15, -0.1) is 0 Å². The molecule has 0 spiro atoms. The Hall–Kier alpha value is -1.22. The van der Waals surface area contributed by atoms with E-state index in [0.29, 0.717) is 6.04 Å². The van der Waals surface area contributed by atoms with Crippen molar-refractivity contribution in [1.82, 2.24) is 5.32 Å². The van der Waals surface area contributed by atoms with E-state index in [9.17, 15) is 0 Å². The van der Waals surface area contributed by atoms with Gasteiger partial charge in [0.1, 0.15) is 5.75 Å². The van der Waals surface area contributed by atoms with Crippen LogP contribution in [0, 0.1) is 5.92 Å². The van der Waals surface area contributed by atoms with E-state index in [2.05, 4.69) is 41.4 Å². The molecule has 1 saturated carbocycles. The summed E-state index contributed by atoms with van der Waals surface area (Å²) >= 11 is 0. The van der Waals surface area contributed by atoms with Gasteiger partial charge in [-0.2, -0.15) is 0 Å². The topological polar surface area (TPSA) is 24.5 Å². The van der Waals surface area contributed by atoms with Gasteiger partial charge in [0.2, 0.25) is 0 Å². The van der Waals surface area contributed by atoms with Crippen molar-refractivity contribution in [3.05, 3.63) is 24.3 Å². The average molecular weight is 288 g/mol. The smallest absolute Gasteiger partial charge is 0.142 e. The van der Waals surface area contributed by atoms with E-state index in [-0.39, 0.29) is 0 Å². The zero-order chi connectivity index (χ0) is 14.5. The van der Waals surface area contributed by atoms with Crippen LogP contribution in [0.25, 0.3) is 0 Å². The highest BCUT2D eigenvalue weighted by Gasteiger charge is 2.27. The lowest BCUT2D eigenvalue weighted by atomic mass is 9.84. The van der Waals surface area contributed by atoms with Crippen molar-refractivity contribution < 1.29 is 4.74 Å². The number of fused-ring (bicyclic) bond motifs is 1. The monoisotopic (exact) mass is 288 g/mol. The summed E-state index contributed by atoms with van der Waals surface area (Å²) in [5.74, 6) is 1.83. The number of para-hydroxylation sites is 2. The third-order valence-electron chi connectivity index (χ3n) is 4.87. The third kappa shape index (κ3) is 3.52. The lowest BCUT2D eigenvalue weighted by Gasteiger charge is -2.36. The van der Waals surface area contributed by atoms with E-state index >= 15 is 0 Å². The fourth-order valence-electron chi connectivity index (χ4n) is 3.83. The van der Waals surface area contributed by atoms with Crippen molar-refractivity contribution >= 4 is 5.69 Å². The maximum atomic E-state index is 5.88. The molecule has 1 fully saturated rings. The maximum absolute atomic E-state index is 5.88. The number of ether oxygens (including phenoxy) is 1. The summed E-state index contributed by atoms with van der Waals surface area (Å²) in [6.07, 6.45) is 6.58. The predicted molar refractivity (Wildman–Crippen MR) is 88.2 cm³/mol. The highest BCUT2D eigenvalue weighted by Crippen LogP contribution is 2.33. The zero-order valence-electron chi connectivity index (χ0n) is 13.2. The molecule has 3 rings (SSSR count). The summed E-state index contributed by atoms with van der Waals surface area (Å²) in [6.45, 7) is 6.43. The minimum Gasteiger partial charge on any atom is -0.491 e. The number of rotatable bonds is 4. The molecule has 0 aromatic heterocycles.